The third-order valence-electron chi connectivity index (χ3n) is 4.77. The van der Waals surface area contributed by atoms with Crippen molar-refractivity contribution in [1.82, 2.24) is 15.2 Å². The van der Waals surface area contributed by atoms with Crippen LogP contribution in [0.3, 0.4) is 0 Å². The Hall–Kier alpha value is -3.27. The van der Waals surface area contributed by atoms with Crippen molar-refractivity contribution >= 4 is 51.3 Å². The first-order chi connectivity index (χ1) is 16.9. The number of H-pyrrole nitrogens is 1. The molecular weight excluding hydrogens is 554 g/mol. The predicted molar refractivity (Wildman–Crippen MR) is 140 cm³/mol. The predicted octanol–water partition coefficient (Wildman–Crippen LogP) is 6.69. The van der Waals surface area contributed by atoms with Crippen molar-refractivity contribution in [1.29, 1.82) is 0 Å². The van der Waals surface area contributed by atoms with Crippen LogP contribution in [0.25, 0.3) is 17.5 Å². The number of thioether (sulfide) groups is 1. The summed E-state index contributed by atoms with van der Waals surface area (Å²) in [6, 6.07) is 20.3. The van der Waals surface area contributed by atoms with Gasteiger partial charge in [0.25, 0.3) is 0 Å². The normalized spacial score (nSPS) is 11.3. The van der Waals surface area contributed by atoms with Crippen LogP contribution in [0.4, 0.5) is 0 Å². The topological polar surface area (TPSA) is 97.3 Å². The fourth-order valence-electron chi connectivity index (χ4n) is 3.11. The lowest BCUT2D eigenvalue weighted by Gasteiger charge is -2.14. The second-order valence-corrected chi connectivity index (χ2v) is 9.50. The molecule has 10 heteroatoms. The molecule has 7 nitrogen and oxygen atoms in total. The molecule has 0 saturated heterocycles. The molecule has 0 saturated carbocycles. The summed E-state index contributed by atoms with van der Waals surface area (Å²) in [6.45, 7) is 0.363. The van der Waals surface area contributed by atoms with Crippen LogP contribution in [-0.4, -0.2) is 33.4 Å². The van der Waals surface area contributed by atoms with Gasteiger partial charge in [-0.05, 0) is 81.3 Å². The number of aromatic amines is 1. The van der Waals surface area contributed by atoms with E-state index in [-0.39, 0.29) is 10.1 Å². The van der Waals surface area contributed by atoms with E-state index >= 15 is 0 Å². The zero-order chi connectivity index (χ0) is 24.8. The van der Waals surface area contributed by atoms with Crippen molar-refractivity contribution in [2.75, 3.05) is 7.11 Å². The van der Waals surface area contributed by atoms with Crippen molar-refractivity contribution in [2.45, 2.75) is 11.8 Å². The summed E-state index contributed by atoms with van der Waals surface area (Å²) in [5.41, 5.74) is 2.41. The number of nitrogens with zero attached hydrogens (tertiary/aromatic N) is 2. The van der Waals surface area contributed by atoms with E-state index in [2.05, 4.69) is 31.1 Å². The summed E-state index contributed by atoms with van der Waals surface area (Å²) in [5, 5.41) is 17.6. The Balaban J connectivity index is 1.55. The van der Waals surface area contributed by atoms with Gasteiger partial charge >= 0.3 is 5.97 Å². The lowest BCUT2D eigenvalue weighted by atomic mass is 10.2. The first kappa shape index (κ1) is 24.8. The van der Waals surface area contributed by atoms with Crippen LogP contribution in [0.15, 0.2) is 81.3 Å². The van der Waals surface area contributed by atoms with Gasteiger partial charge in [0.05, 0.1) is 11.6 Å². The largest absolute Gasteiger partial charge is 0.493 e. The maximum atomic E-state index is 12.0. The van der Waals surface area contributed by atoms with E-state index in [1.807, 2.05) is 30.3 Å². The van der Waals surface area contributed by atoms with Crippen molar-refractivity contribution in [2.24, 2.45) is 0 Å². The lowest BCUT2D eigenvalue weighted by molar-refractivity contribution is -0.131. The average molecular weight is 573 g/mol. The molecule has 0 atom stereocenters. The quantitative estimate of drug-likeness (QED) is 0.170. The van der Waals surface area contributed by atoms with Crippen LogP contribution in [-0.2, 0) is 11.4 Å². The second-order valence-electron chi connectivity index (χ2n) is 7.20. The van der Waals surface area contributed by atoms with Crippen molar-refractivity contribution in [3.05, 3.63) is 92.3 Å². The van der Waals surface area contributed by atoms with Crippen molar-refractivity contribution in [3.8, 4) is 22.9 Å². The van der Waals surface area contributed by atoms with Gasteiger partial charge in [-0.1, -0.05) is 41.9 Å². The number of hydrogen-bond acceptors (Lipinski definition) is 6. The Morgan fingerprint density at radius 1 is 1.17 bits per heavy atom. The molecule has 0 aliphatic rings. The number of carboxylic acid groups (broad SMARTS) is 1. The molecular formula is C25H19BrClN3O4S. The number of rotatable bonds is 9. The minimum atomic E-state index is -1.10. The van der Waals surface area contributed by atoms with Crippen LogP contribution in [0, 0.1) is 0 Å². The van der Waals surface area contributed by atoms with Crippen LogP contribution in [0.5, 0.6) is 11.5 Å². The van der Waals surface area contributed by atoms with E-state index in [1.54, 1.807) is 36.4 Å². The number of hydrogen-bond donors (Lipinski definition) is 2. The monoisotopic (exact) mass is 571 g/mol. The number of carboxylic acids is 1. The van der Waals surface area contributed by atoms with Gasteiger partial charge in [-0.25, -0.2) is 9.78 Å². The Morgan fingerprint density at radius 2 is 1.91 bits per heavy atom. The minimum absolute atomic E-state index is 0.0403. The molecule has 0 bridgehead atoms. The number of methoxy groups -OCH3 is 1. The first-order valence-corrected chi connectivity index (χ1v) is 12.3. The number of halogens is 2. The van der Waals surface area contributed by atoms with Crippen LogP contribution < -0.4 is 9.47 Å². The number of aromatic nitrogens is 3. The van der Waals surface area contributed by atoms with Gasteiger partial charge in [-0.3, -0.25) is 5.10 Å². The van der Waals surface area contributed by atoms with E-state index in [4.69, 9.17) is 21.1 Å². The molecule has 4 rings (SSSR count). The fourth-order valence-corrected chi connectivity index (χ4v) is 4.51. The van der Waals surface area contributed by atoms with Crippen molar-refractivity contribution in [3.63, 3.8) is 0 Å². The van der Waals surface area contributed by atoms with Gasteiger partial charge in [0, 0.05) is 10.6 Å². The second kappa shape index (κ2) is 11.4. The highest BCUT2D eigenvalue weighted by atomic mass is 79.9. The summed E-state index contributed by atoms with van der Waals surface area (Å²) >= 11 is 10.4. The fraction of sp³-hybridized carbons (Fsp3) is 0.0800. The smallest absolute Gasteiger partial charge is 0.342 e. The molecule has 3 aromatic carbocycles. The minimum Gasteiger partial charge on any atom is -0.493 e. The molecule has 35 heavy (non-hydrogen) atoms. The van der Waals surface area contributed by atoms with E-state index in [9.17, 15) is 9.90 Å². The first-order valence-electron chi connectivity index (χ1n) is 10.3. The summed E-state index contributed by atoms with van der Waals surface area (Å²) in [7, 11) is 1.53. The molecule has 2 N–H and O–H groups in total. The highest BCUT2D eigenvalue weighted by Crippen LogP contribution is 2.38. The third kappa shape index (κ3) is 6.45. The molecule has 0 fully saturated rings. The summed E-state index contributed by atoms with van der Waals surface area (Å²) in [6.07, 6.45) is 1.53. The van der Waals surface area contributed by atoms with Gasteiger partial charge in [0.1, 0.15) is 11.5 Å². The van der Waals surface area contributed by atoms with Crippen molar-refractivity contribution < 1.29 is 19.4 Å². The SMILES string of the molecule is COc1cc(/C=C(\Sc2n[nH]c(-c3ccc(Cl)cc3)n2)C(=O)O)cc(Br)c1OCc1ccccc1. The number of ether oxygens (including phenoxy) is 2. The van der Waals surface area contributed by atoms with Gasteiger partial charge in [0.2, 0.25) is 5.16 Å². The Labute approximate surface area is 219 Å². The number of benzene rings is 3. The Kier molecular flexibility index (Phi) is 8.12. The maximum Gasteiger partial charge on any atom is 0.342 e. The summed E-state index contributed by atoms with van der Waals surface area (Å²) in [4.78, 5) is 16.4. The van der Waals surface area contributed by atoms with Gasteiger partial charge in [-0.2, -0.15) is 0 Å². The molecule has 0 radical (unpaired) electrons. The van der Waals surface area contributed by atoms with Crippen LogP contribution in [0.1, 0.15) is 11.1 Å². The van der Waals surface area contributed by atoms with Gasteiger partial charge in [-0.15, -0.1) is 5.10 Å². The van der Waals surface area contributed by atoms with E-state index in [1.165, 1.54) is 13.2 Å². The van der Waals surface area contributed by atoms with E-state index in [0.29, 0.717) is 39.0 Å². The van der Waals surface area contributed by atoms with Crippen LogP contribution in [0.2, 0.25) is 5.02 Å². The Bertz CT molecular complexity index is 1360. The molecule has 0 unspecified atom stereocenters. The number of aliphatic carboxylic acids is 1. The lowest BCUT2D eigenvalue weighted by Crippen LogP contribution is -2.00. The molecule has 178 valence electrons. The number of carbonyl (C=O) groups is 1. The standard InChI is InChI=1S/C25H19BrClN3O4S/c1-33-20-12-16(11-19(26)22(20)34-14-15-5-3-2-4-6-15)13-21(24(31)32)35-25-28-23(29-30-25)17-7-9-18(27)10-8-17/h2-13H,14H2,1H3,(H,31,32)(H,28,29,30)/b21-13-. The molecule has 0 aliphatic heterocycles. The highest BCUT2D eigenvalue weighted by molar-refractivity contribution is 9.10. The van der Waals surface area contributed by atoms with Crippen LogP contribution >= 0.6 is 39.3 Å². The highest BCUT2D eigenvalue weighted by Gasteiger charge is 2.17. The molecule has 0 spiro atoms. The molecule has 0 amide bonds. The zero-order valence-electron chi connectivity index (χ0n) is 18.4. The number of nitrogens with one attached hydrogen (secondary N) is 1. The average Bonchev–Trinajstić information content (AvgIpc) is 3.32. The Morgan fingerprint density at radius 3 is 2.60 bits per heavy atom. The summed E-state index contributed by atoms with van der Waals surface area (Å²) in [5.74, 6) is 0.407. The maximum absolute atomic E-state index is 12.0. The summed E-state index contributed by atoms with van der Waals surface area (Å²) < 4.78 is 12.1. The van der Waals surface area contributed by atoms with E-state index in [0.717, 1.165) is 22.9 Å². The zero-order valence-corrected chi connectivity index (χ0v) is 21.5. The van der Waals surface area contributed by atoms with Gasteiger partial charge in [0.15, 0.2) is 17.3 Å². The van der Waals surface area contributed by atoms with E-state index < -0.39 is 5.97 Å². The molecule has 1 heterocycles. The van der Waals surface area contributed by atoms with Gasteiger partial charge < -0.3 is 14.6 Å². The molecule has 1 aromatic heterocycles. The molecule has 4 aromatic rings. The third-order valence-corrected chi connectivity index (χ3v) is 6.49. The molecule has 0 aliphatic carbocycles.